The zero-order valence-corrected chi connectivity index (χ0v) is 19.2. The van der Waals surface area contributed by atoms with Gasteiger partial charge in [-0.05, 0) is 42.8 Å². The molecule has 2 aromatic carbocycles. The van der Waals surface area contributed by atoms with Crippen LogP contribution in [0.25, 0.3) is 28.3 Å². The van der Waals surface area contributed by atoms with E-state index in [4.69, 9.17) is 16.3 Å². The number of aliphatic hydroxyl groups excluding tert-OH is 1. The molecule has 9 heteroatoms. The van der Waals surface area contributed by atoms with Crippen molar-refractivity contribution in [3.05, 3.63) is 89.3 Å². The van der Waals surface area contributed by atoms with Crippen LogP contribution in [0.4, 0.5) is 4.39 Å². The molecule has 0 aliphatic carbocycles. The van der Waals surface area contributed by atoms with E-state index in [-0.39, 0.29) is 12.4 Å². The highest BCUT2D eigenvalue weighted by molar-refractivity contribution is 6.30. The first-order chi connectivity index (χ1) is 16.5. The van der Waals surface area contributed by atoms with E-state index >= 15 is 0 Å². The lowest BCUT2D eigenvalue weighted by atomic mass is 10.0. The summed E-state index contributed by atoms with van der Waals surface area (Å²) in [6, 6.07) is 13.0. The lowest BCUT2D eigenvalue weighted by molar-refractivity contribution is 0.249. The van der Waals surface area contributed by atoms with Crippen molar-refractivity contribution in [2.24, 2.45) is 0 Å². The van der Waals surface area contributed by atoms with Gasteiger partial charge in [-0.25, -0.2) is 9.37 Å². The summed E-state index contributed by atoms with van der Waals surface area (Å²) in [6.45, 7) is 1.70. The van der Waals surface area contributed by atoms with E-state index in [1.807, 2.05) is 35.9 Å². The van der Waals surface area contributed by atoms with Crippen LogP contribution in [0.1, 0.15) is 17.3 Å². The Kier molecular flexibility index (Phi) is 5.77. The molecule has 1 N–H and O–H groups in total. The second-order valence-electron chi connectivity index (χ2n) is 7.91. The SMILES string of the molecule is COc1cc(-c2nnc3n([C@H](CO)c4ccc(F)cc4)cc(Cl)cc2-3)ccc1-n1cnc(C)c1. The number of nitrogens with zero attached hydrogens (tertiary/aromatic N) is 5. The Hall–Kier alpha value is -3.75. The summed E-state index contributed by atoms with van der Waals surface area (Å²) in [7, 11) is 1.61. The molecule has 3 aromatic rings. The quantitative estimate of drug-likeness (QED) is 0.375. The zero-order valence-electron chi connectivity index (χ0n) is 18.5. The van der Waals surface area contributed by atoms with Gasteiger partial charge in [0.05, 0.1) is 42.5 Å². The van der Waals surface area contributed by atoms with Gasteiger partial charge in [-0.1, -0.05) is 29.8 Å². The largest absolute Gasteiger partial charge is 0.495 e. The number of hydrogen-bond acceptors (Lipinski definition) is 5. The first-order valence-corrected chi connectivity index (χ1v) is 11.0. The molecular formula is C25H21ClFN5O2. The fourth-order valence-electron chi connectivity index (χ4n) is 4.08. The predicted molar refractivity (Wildman–Crippen MR) is 127 cm³/mol. The number of halogens is 2. The van der Waals surface area contributed by atoms with Crippen molar-refractivity contribution in [1.29, 1.82) is 0 Å². The summed E-state index contributed by atoms with van der Waals surface area (Å²) < 4.78 is 22.7. The summed E-state index contributed by atoms with van der Waals surface area (Å²) >= 11 is 6.47. The molecule has 3 heterocycles. The number of rotatable bonds is 6. The third-order valence-electron chi connectivity index (χ3n) is 5.74. The highest BCUT2D eigenvalue weighted by Crippen LogP contribution is 2.38. The van der Waals surface area contributed by atoms with Gasteiger partial charge in [0, 0.05) is 23.5 Å². The first kappa shape index (κ1) is 22.1. The Morgan fingerprint density at radius 3 is 2.56 bits per heavy atom. The fourth-order valence-corrected chi connectivity index (χ4v) is 4.30. The number of aliphatic hydroxyl groups is 1. The third-order valence-corrected chi connectivity index (χ3v) is 5.94. The molecular weight excluding hydrogens is 457 g/mol. The average Bonchev–Trinajstić information content (AvgIpc) is 3.46. The Morgan fingerprint density at radius 1 is 1.09 bits per heavy atom. The van der Waals surface area contributed by atoms with Crippen LogP contribution >= 0.6 is 11.6 Å². The zero-order chi connectivity index (χ0) is 23.8. The van der Waals surface area contributed by atoms with Gasteiger partial charge in [-0.3, -0.25) is 0 Å². The second kappa shape index (κ2) is 8.89. The summed E-state index contributed by atoms with van der Waals surface area (Å²) in [6.07, 6.45) is 5.35. The molecule has 34 heavy (non-hydrogen) atoms. The number of imidazole rings is 1. The molecule has 0 radical (unpaired) electrons. The van der Waals surface area contributed by atoms with Gasteiger partial charge in [0.1, 0.15) is 17.3 Å². The minimum atomic E-state index is -0.507. The topological polar surface area (TPSA) is 78.0 Å². The van der Waals surface area contributed by atoms with E-state index in [1.165, 1.54) is 12.1 Å². The maximum Gasteiger partial charge on any atom is 0.165 e. The Labute approximate surface area is 200 Å². The number of methoxy groups -OCH3 is 1. The number of ether oxygens (including phenoxy) is 1. The summed E-state index contributed by atoms with van der Waals surface area (Å²) in [4.78, 5) is 4.28. The van der Waals surface area contributed by atoms with Crippen LogP contribution in [0.5, 0.6) is 5.75 Å². The maximum absolute atomic E-state index is 13.4. The molecule has 2 aliphatic rings. The first-order valence-electron chi connectivity index (χ1n) is 10.6. The van der Waals surface area contributed by atoms with E-state index in [1.54, 1.807) is 42.4 Å². The van der Waals surface area contributed by atoms with E-state index in [0.29, 0.717) is 22.3 Å². The summed E-state index contributed by atoms with van der Waals surface area (Å²) in [5.74, 6) is 0.858. The summed E-state index contributed by atoms with van der Waals surface area (Å²) in [5.41, 5.74) is 4.63. The molecule has 0 bridgehead atoms. The van der Waals surface area contributed by atoms with Crippen molar-refractivity contribution < 1.29 is 14.2 Å². The molecule has 0 saturated heterocycles. The molecule has 172 valence electrons. The van der Waals surface area contributed by atoms with Gasteiger partial charge in [0.15, 0.2) is 5.82 Å². The monoisotopic (exact) mass is 477 g/mol. The third kappa shape index (κ3) is 3.91. The molecule has 0 unspecified atom stereocenters. The van der Waals surface area contributed by atoms with Gasteiger partial charge in [0.2, 0.25) is 0 Å². The van der Waals surface area contributed by atoms with Gasteiger partial charge in [-0.2, -0.15) is 0 Å². The number of aryl methyl sites for hydroxylation is 1. The van der Waals surface area contributed by atoms with Crippen LogP contribution in [-0.4, -0.2) is 43.1 Å². The van der Waals surface area contributed by atoms with Gasteiger partial charge < -0.3 is 19.0 Å². The Bertz CT molecular complexity index is 1430. The number of benzene rings is 2. The highest BCUT2D eigenvalue weighted by Gasteiger charge is 2.24. The minimum absolute atomic E-state index is 0.221. The smallest absolute Gasteiger partial charge is 0.165 e. The lowest BCUT2D eigenvalue weighted by Crippen LogP contribution is -2.17. The fraction of sp³-hybridized carbons (Fsp3) is 0.160. The number of pyridine rings is 1. The molecule has 0 spiro atoms. The lowest BCUT2D eigenvalue weighted by Gasteiger charge is -2.22. The normalized spacial score (nSPS) is 12.3. The number of fused-ring (bicyclic) bond motifs is 1. The van der Waals surface area contributed by atoms with Crippen LogP contribution in [-0.2, 0) is 0 Å². The van der Waals surface area contributed by atoms with Crippen LogP contribution in [0.2, 0.25) is 5.02 Å². The molecule has 1 atom stereocenters. The van der Waals surface area contributed by atoms with Gasteiger partial charge >= 0.3 is 0 Å². The standard InChI is InChI=1S/C25H21ClFN5O2/c1-15-11-31(14-28-15)21-8-5-17(9-23(21)34-2)24-20-10-18(26)12-32(25(20)30-29-24)22(13-33)16-3-6-19(27)7-4-16/h3-12,14,22,33H,13H2,1-2H3/t22-/m1/s1. The van der Waals surface area contributed by atoms with Crippen molar-refractivity contribution in [2.45, 2.75) is 13.0 Å². The Morgan fingerprint density at radius 2 is 1.88 bits per heavy atom. The van der Waals surface area contributed by atoms with Crippen LogP contribution < -0.4 is 4.74 Å². The van der Waals surface area contributed by atoms with Crippen LogP contribution in [0, 0.1) is 12.7 Å². The van der Waals surface area contributed by atoms with Crippen molar-refractivity contribution in [3.8, 4) is 34.1 Å². The Balaban J connectivity index is 1.58. The molecule has 5 rings (SSSR count). The van der Waals surface area contributed by atoms with Crippen molar-refractivity contribution in [2.75, 3.05) is 13.7 Å². The predicted octanol–water partition coefficient (Wildman–Crippen LogP) is 4.93. The highest BCUT2D eigenvalue weighted by atomic mass is 35.5. The average molecular weight is 478 g/mol. The van der Waals surface area contributed by atoms with E-state index in [2.05, 4.69) is 15.2 Å². The van der Waals surface area contributed by atoms with E-state index in [0.717, 1.165) is 28.1 Å². The van der Waals surface area contributed by atoms with Crippen LogP contribution in [0.15, 0.2) is 67.3 Å². The van der Waals surface area contributed by atoms with Crippen molar-refractivity contribution in [1.82, 2.24) is 24.3 Å². The minimum Gasteiger partial charge on any atom is -0.495 e. The molecule has 1 aromatic heterocycles. The van der Waals surface area contributed by atoms with E-state index in [9.17, 15) is 9.50 Å². The molecule has 7 nitrogen and oxygen atoms in total. The number of aromatic nitrogens is 5. The number of hydrogen-bond donors (Lipinski definition) is 1. The van der Waals surface area contributed by atoms with Crippen molar-refractivity contribution in [3.63, 3.8) is 0 Å². The molecule has 0 amide bonds. The van der Waals surface area contributed by atoms with Gasteiger partial charge in [0.25, 0.3) is 0 Å². The summed E-state index contributed by atoms with van der Waals surface area (Å²) in [5, 5.41) is 19.4. The van der Waals surface area contributed by atoms with Gasteiger partial charge in [-0.15, -0.1) is 10.2 Å². The molecule has 0 fully saturated rings. The maximum atomic E-state index is 13.4. The van der Waals surface area contributed by atoms with Crippen LogP contribution in [0.3, 0.4) is 0 Å². The molecule has 2 aliphatic heterocycles. The van der Waals surface area contributed by atoms with Crippen molar-refractivity contribution >= 4 is 11.6 Å². The second-order valence-corrected chi connectivity index (χ2v) is 8.35. The van der Waals surface area contributed by atoms with E-state index < -0.39 is 6.04 Å². The molecule has 0 saturated carbocycles.